The van der Waals surface area contributed by atoms with Gasteiger partial charge in [0.1, 0.15) is 30.9 Å². The number of fused-ring (bicyclic) bond motifs is 1. The molecule has 0 spiro atoms. The van der Waals surface area contributed by atoms with Gasteiger partial charge in [-0.1, -0.05) is 32.9 Å². The van der Waals surface area contributed by atoms with Crippen molar-refractivity contribution in [3.63, 3.8) is 0 Å². The van der Waals surface area contributed by atoms with Crippen molar-refractivity contribution in [3.8, 4) is 11.3 Å². The Morgan fingerprint density at radius 3 is 2.53 bits per heavy atom. The quantitative estimate of drug-likeness (QED) is 0.408. The van der Waals surface area contributed by atoms with Crippen molar-refractivity contribution in [2.45, 2.75) is 51.5 Å². The van der Waals surface area contributed by atoms with Gasteiger partial charge in [-0.05, 0) is 24.0 Å². The number of benzene rings is 1. The molecular weight excluding hydrogens is 570 g/mol. The zero-order valence-electron chi connectivity index (χ0n) is 25.7. The number of carbonyl (C=O) groups is 3. The van der Waals surface area contributed by atoms with E-state index in [-0.39, 0.29) is 36.9 Å². The van der Waals surface area contributed by atoms with E-state index in [1.54, 1.807) is 42.6 Å². The van der Waals surface area contributed by atoms with Gasteiger partial charge in [-0.2, -0.15) is 0 Å². The number of piperazine rings is 1. The maximum absolute atomic E-state index is 13.9. The Morgan fingerprint density at radius 2 is 1.88 bits per heavy atom. The Hall–Kier alpha value is -2.90. The lowest BCUT2D eigenvalue weighted by Crippen LogP contribution is -2.57. The van der Waals surface area contributed by atoms with Gasteiger partial charge >= 0.3 is 0 Å². The van der Waals surface area contributed by atoms with Crippen molar-refractivity contribution in [1.29, 1.82) is 0 Å². The molecule has 234 valence electrons. The first-order valence-corrected chi connectivity index (χ1v) is 15.9. The van der Waals surface area contributed by atoms with Crippen molar-refractivity contribution in [2.75, 3.05) is 71.6 Å². The highest BCUT2D eigenvalue weighted by Crippen LogP contribution is 2.34. The smallest absolute Gasteiger partial charge is 0.251 e. The van der Waals surface area contributed by atoms with Crippen LogP contribution in [-0.2, 0) is 23.8 Å². The number of hydrogen-bond acceptors (Lipinski definition) is 10. The SMILES string of the molecule is CCC(C)(C)[C@H](NC(=O)c1ccc(-c2csc(N3CCN(CCOC)CC3)n2)cc1)C(=O)N1C[C@H](OC)[C@@H]2OCC(=O)[C@H]21. The maximum Gasteiger partial charge on any atom is 0.251 e. The zero-order valence-corrected chi connectivity index (χ0v) is 26.5. The summed E-state index contributed by atoms with van der Waals surface area (Å²) in [5.41, 5.74) is 1.69. The van der Waals surface area contributed by atoms with E-state index in [4.69, 9.17) is 19.2 Å². The summed E-state index contributed by atoms with van der Waals surface area (Å²) in [6.45, 7) is 11.6. The van der Waals surface area contributed by atoms with Crippen LogP contribution in [0.4, 0.5) is 5.13 Å². The van der Waals surface area contributed by atoms with Crippen molar-refractivity contribution in [1.82, 2.24) is 20.1 Å². The topological polar surface area (TPSA) is 114 Å². The van der Waals surface area contributed by atoms with E-state index in [2.05, 4.69) is 15.1 Å². The molecule has 0 unspecified atom stereocenters. The summed E-state index contributed by atoms with van der Waals surface area (Å²) in [6, 6.07) is 5.79. The molecule has 1 aromatic heterocycles. The normalized spacial score (nSPS) is 23.5. The summed E-state index contributed by atoms with van der Waals surface area (Å²) >= 11 is 1.63. The van der Waals surface area contributed by atoms with E-state index in [0.717, 1.165) is 55.7 Å². The highest BCUT2D eigenvalue weighted by molar-refractivity contribution is 7.14. The second-order valence-corrected chi connectivity index (χ2v) is 13.0. The summed E-state index contributed by atoms with van der Waals surface area (Å²) in [7, 11) is 3.28. The molecule has 11 nitrogen and oxygen atoms in total. The number of nitrogens with zero attached hydrogens (tertiary/aromatic N) is 4. The first-order chi connectivity index (χ1) is 20.7. The third-order valence-electron chi connectivity index (χ3n) is 9.13. The van der Waals surface area contributed by atoms with E-state index in [1.807, 2.05) is 38.3 Å². The Balaban J connectivity index is 1.25. The number of rotatable bonds is 11. The summed E-state index contributed by atoms with van der Waals surface area (Å²) in [5, 5.41) is 6.04. The Kier molecular flexibility index (Phi) is 9.82. The van der Waals surface area contributed by atoms with Gasteiger partial charge in [0.05, 0.1) is 18.8 Å². The number of likely N-dealkylation sites (tertiary alicyclic amines) is 1. The number of nitrogens with one attached hydrogen (secondary N) is 1. The minimum Gasteiger partial charge on any atom is -0.383 e. The minimum absolute atomic E-state index is 0.0362. The third-order valence-corrected chi connectivity index (χ3v) is 10.0. The second-order valence-electron chi connectivity index (χ2n) is 12.1. The predicted molar refractivity (Wildman–Crippen MR) is 164 cm³/mol. The molecular formula is C31H43N5O6S. The molecule has 2 aromatic rings. The van der Waals surface area contributed by atoms with E-state index in [9.17, 15) is 14.4 Å². The van der Waals surface area contributed by atoms with E-state index in [0.29, 0.717) is 12.0 Å². The molecule has 12 heteroatoms. The van der Waals surface area contributed by atoms with Crippen LogP contribution in [0.15, 0.2) is 29.6 Å². The summed E-state index contributed by atoms with van der Waals surface area (Å²) < 4.78 is 16.4. The highest BCUT2D eigenvalue weighted by atomic mass is 32.1. The van der Waals surface area contributed by atoms with Crippen LogP contribution in [0, 0.1) is 5.41 Å². The van der Waals surface area contributed by atoms with Gasteiger partial charge in [0.25, 0.3) is 5.91 Å². The Labute approximate surface area is 257 Å². The van der Waals surface area contributed by atoms with Gasteiger partial charge in [0.15, 0.2) is 10.9 Å². The molecule has 1 N–H and O–H groups in total. The van der Waals surface area contributed by atoms with Gasteiger partial charge in [-0.25, -0.2) is 4.98 Å². The Morgan fingerprint density at radius 1 is 1.16 bits per heavy atom. The molecule has 4 heterocycles. The van der Waals surface area contributed by atoms with Crippen LogP contribution >= 0.6 is 11.3 Å². The van der Waals surface area contributed by atoms with Gasteiger partial charge in [-0.15, -0.1) is 11.3 Å². The number of carbonyl (C=O) groups excluding carboxylic acids is 3. The number of methoxy groups -OCH3 is 2. The summed E-state index contributed by atoms with van der Waals surface area (Å²) in [4.78, 5) is 51.2. The van der Waals surface area contributed by atoms with Crippen molar-refractivity contribution < 1.29 is 28.6 Å². The standard InChI is InChI=1S/C31H43N5O6S/c1-6-31(2,3)27(29(39)36-17-24(41-5)26-25(36)23(37)18-42-26)33-28(38)21-9-7-20(8-10-21)22-19-43-30(32-22)35-13-11-34(12-14-35)15-16-40-4/h7-10,19,24-27H,6,11-18H2,1-5H3,(H,33,38)/t24-,25+,26-,27+/m0/s1. The summed E-state index contributed by atoms with van der Waals surface area (Å²) in [5.74, 6) is -0.771. The average Bonchev–Trinajstić information content (AvgIpc) is 3.76. The summed E-state index contributed by atoms with van der Waals surface area (Å²) in [6.07, 6.45) is -0.213. The number of ether oxygens (including phenoxy) is 3. The van der Waals surface area contributed by atoms with E-state index < -0.39 is 23.6 Å². The zero-order chi connectivity index (χ0) is 30.7. The minimum atomic E-state index is -0.828. The lowest BCUT2D eigenvalue weighted by molar-refractivity contribution is -0.140. The van der Waals surface area contributed by atoms with Crippen LogP contribution in [0.25, 0.3) is 11.3 Å². The molecule has 5 rings (SSSR count). The maximum atomic E-state index is 13.9. The fraction of sp³-hybridized carbons (Fsp3) is 0.613. The van der Waals surface area contributed by atoms with Gasteiger partial charge < -0.3 is 29.3 Å². The molecule has 4 atom stereocenters. The van der Waals surface area contributed by atoms with Crippen LogP contribution in [0.1, 0.15) is 37.6 Å². The molecule has 1 aromatic carbocycles. The van der Waals surface area contributed by atoms with E-state index in [1.165, 1.54) is 0 Å². The number of amides is 2. The largest absolute Gasteiger partial charge is 0.383 e. The predicted octanol–water partition coefficient (Wildman–Crippen LogP) is 2.31. The van der Waals surface area contributed by atoms with Crippen molar-refractivity contribution in [2.24, 2.45) is 5.41 Å². The van der Waals surface area contributed by atoms with Crippen molar-refractivity contribution >= 4 is 34.1 Å². The first kappa shape index (κ1) is 31.5. The number of thiazole rings is 1. The fourth-order valence-electron chi connectivity index (χ4n) is 5.94. The molecule has 0 aliphatic carbocycles. The molecule has 0 bridgehead atoms. The van der Waals surface area contributed by atoms with Crippen LogP contribution in [0.3, 0.4) is 0 Å². The van der Waals surface area contributed by atoms with E-state index >= 15 is 0 Å². The molecule has 3 aliphatic heterocycles. The number of ketones is 1. The number of anilines is 1. The average molecular weight is 614 g/mol. The monoisotopic (exact) mass is 613 g/mol. The molecule has 0 radical (unpaired) electrons. The van der Waals surface area contributed by atoms with Crippen LogP contribution < -0.4 is 10.2 Å². The van der Waals surface area contributed by atoms with Crippen molar-refractivity contribution in [3.05, 3.63) is 35.2 Å². The van der Waals surface area contributed by atoms with Gasteiger partial charge in [0.2, 0.25) is 5.91 Å². The molecule has 0 saturated carbocycles. The number of Topliss-reactive ketones (excluding diaryl/α,β-unsaturated/α-hetero) is 1. The molecule has 43 heavy (non-hydrogen) atoms. The first-order valence-electron chi connectivity index (χ1n) is 15.0. The molecule has 3 aliphatic rings. The molecule has 2 amide bonds. The molecule has 3 fully saturated rings. The molecule has 3 saturated heterocycles. The van der Waals surface area contributed by atoms with Crippen LogP contribution in [0.5, 0.6) is 0 Å². The number of aromatic nitrogens is 1. The second kappa shape index (κ2) is 13.4. The van der Waals surface area contributed by atoms with Crippen LogP contribution in [0.2, 0.25) is 0 Å². The third kappa shape index (κ3) is 6.63. The van der Waals surface area contributed by atoms with Gasteiger partial charge in [0, 0.05) is 63.5 Å². The highest BCUT2D eigenvalue weighted by Gasteiger charge is 2.54. The van der Waals surface area contributed by atoms with Gasteiger partial charge in [-0.3, -0.25) is 19.3 Å². The lowest BCUT2D eigenvalue weighted by Gasteiger charge is -2.36. The Bertz CT molecular complexity index is 1290. The fourth-order valence-corrected chi connectivity index (χ4v) is 6.83. The lowest BCUT2D eigenvalue weighted by atomic mass is 9.80. The van der Waals surface area contributed by atoms with Crippen LogP contribution in [-0.4, -0.2) is 123 Å². The number of hydrogen-bond donors (Lipinski definition) is 1.